The Morgan fingerprint density at radius 2 is 0.545 bits per heavy atom. The second-order valence-corrected chi connectivity index (χ2v) is 30.5. The maximum Gasteiger partial charge on any atom is 0.180 e. The van der Waals surface area contributed by atoms with Crippen LogP contribution in [0.15, 0.2) is 364 Å². The Labute approximate surface area is 515 Å². The van der Waals surface area contributed by atoms with E-state index in [2.05, 4.69) is 373 Å². The number of nitrogens with zero attached hydrogens (tertiary/aromatic N) is 2. The summed E-state index contributed by atoms with van der Waals surface area (Å²) in [6.45, 7) is 0. The quantitative estimate of drug-likeness (QED) is 0.0804. The molecule has 0 aliphatic heterocycles. The zero-order valence-electron chi connectivity index (χ0n) is 48.5. The van der Waals surface area contributed by atoms with Crippen LogP contribution in [0.4, 0.5) is 0 Å². The third kappa shape index (κ3) is 8.44. The molecule has 4 heteroatoms. The molecule has 14 aromatic carbocycles. The first-order valence-electron chi connectivity index (χ1n) is 30.5. The SMILES string of the molecule is c1ccc(-c2cccc(-c3cccc(-c4ccccc4)c3-n3c4ccc(-n5c6ccccc6c6c([Si](c7ccccc7)(c7ccccc7)c7ccccc7)cccc65)cc4c4c([Si](c5ccccc5)(c5ccccc5)c5ccccc5)cccc43)c2)cc1. The number of hydrogen-bond acceptors (Lipinski definition) is 0. The normalized spacial score (nSPS) is 11.9. The largest absolute Gasteiger partial charge is 0.309 e. The minimum absolute atomic E-state index is 1.11. The molecule has 0 amide bonds. The van der Waals surface area contributed by atoms with Crippen molar-refractivity contribution in [3.63, 3.8) is 0 Å². The summed E-state index contributed by atoms with van der Waals surface area (Å²) in [6, 6.07) is 137. The van der Waals surface area contributed by atoms with Crippen molar-refractivity contribution >= 4 is 101 Å². The van der Waals surface area contributed by atoms with Crippen LogP contribution in [0.2, 0.25) is 0 Å². The minimum atomic E-state index is -3.18. The second-order valence-electron chi connectivity index (χ2n) is 23.0. The van der Waals surface area contributed by atoms with Gasteiger partial charge in [-0.05, 0) is 106 Å². The average molecular weight is 1150 g/mol. The third-order valence-corrected chi connectivity index (χ3v) is 28.0. The highest BCUT2D eigenvalue weighted by Crippen LogP contribution is 2.43. The van der Waals surface area contributed by atoms with Crippen LogP contribution in [-0.4, -0.2) is 25.3 Å². The van der Waals surface area contributed by atoms with Gasteiger partial charge in [0.15, 0.2) is 16.1 Å². The first kappa shape index (κ1) is 52.7. The molecule has 0 radical (unpaired) electrons. The van der Waals surface area contributed by atoms with Crippen molar-refractivity contribution in [2.75, 3.05) is 0 Å². The summed E-state index contributed by atoms with van der Waals surface area (Å²) in [6.07, 6.45) is 0. The first-order chi connectivity index (χ1) is 43.7. The van der Waals surface area contributed by atoms with Gasteiger partial charge in [-0.15, -0.1) is 0 Å². The molecule has 2 nitrogen and oxygen atoms in total. The molecule has 0 spiro atoms. The van der Waals surface area contributed by atoms with E-state index in [1.165, 1.54) is 85.2 Å². The van der Waals surface area contributed by atoms with Gasteiger partial charge in [-0.2, -0.15) is 0 Å². The number of rotatable bonds is 13. The predicted octanol–water partition coefficient (Wildman–Crippen LogP) is 15.6. The second kappa shape index (κ2) is 22.2. The van der Waals surface area contributed by atoms with E-state index in [9.17, 15) is 0 Å². The molecule has 0 aliphatic rings. The highest BCUT2D eigenvalue weighted by molar-refractivity contribution is 7.21. The molecular weight excluding hydrogens is 1090 g/mol. The molecule has 88 heavy (non-hydrogen) atoms. The molecule has 0 N–H and O–H groups in total. The fourth-order valence-electron chi connectivity index (χ4n) is 14.8. The molecule has 0 fully saturated rings. The molecule has 0 atom stereocenters. The molecule has 0 saturated heterocycles. The monoisotopic (exact) mass is 1150 g/mol. The van der Waals surface area contributed by atoms with Crippen LogP contribution in [0.3, 0.4) is 0 Å². The highest BCUT2D eigenvalue weighted by atomic mass is 28.3. The lowest BCUT2D eigenvalue weighted by atomic mass is 9.93. The minimum Gasteiger partial charge on any atom is -0.309 e. The lowest BCUT2D eigenvalue weighted by Crippen LogP contribution is -2.74. The van der Waals surface area contributed by atoms with Crippen LogP contribution in [0.25, 0.3) is 88.4 Å². The number of para-hydroxylation sites is 2. The number of benzene rings is 14. The van der Waals surface area contributed by atoms with Crippen LogP contribution in [0.5, 0.6) is 0 Å². The Bertz CT molecular complexity index is 4970. The van der Waals surface area contributed by atoms with Crippen LogP contribution >= 0.6 is 0 Å². The first-order valence-corrected chi connectivity index (χ1v) is 34.5. The Kier molecular flexibility index (Phi) is 13.3. The van der Waals surface area contributed by atoms with Crippen molar-refractivity contribution in [2.45, 2.75) is 0 Å². The smallest absolute Gasteiger partial charge is 0.180 e. The summed E-state index contributed by atoms with van der Waals surface area (Å²) in [7, 11) is -6.19. The van der Waals surface area contributed by atoms with E-state index in [1.807, 2.05) is 0 Å². The summed E-state index contributed by atoms with van der Waals surface area (Å²) in [5, 5.41) is 15.7. The van der Waals surface area contributed by atoms with Gasteiger partial charge in [0.05, 0.1) is 27.8 Å². The van der Waals surface area contributed by atoms with Crippen LogP contribution < -0.4 is 41.5 Å². The van der Waals surface area contributed by atoms with Gasteiger partial charge in [-0.3, -0.25) is 0 Å². The van der Waals surface area contributed by atoms with Crippen molar-refractivity contribution in [3.8, 4) is 44.8 Å². The van der Waals surface area contributed by atoms with Crippen molar-refractivity contribution in [2.24, 2.45) is 0 Å². The molecule has 0 aliphatic carbocycles. The average Bonchev–Trinajstić information content (AvgIpc) is 1.58. The van der Waals surface area contributed by atoms with Crippen molar-refractivity contribution in [1.29, 1.82) is 0 Å². The molecule has 414 valence electrons. The van der Waals surface area contributed by atoms with E-state index < -0.39 is 16.1 Å². The van der Waals surface area contributed by atoms with E-state index in [4.69, 9.17) is 0 Å². The van der Waals surface area contributed by atoms with Gasteiger partial charge in [0, 0.05) is 38.4 Å². The number of aromatic nitrogens is 2. The van der Waals surface area contributed by atoms with E-state index in [0.717, 1.165) is 44.7 Å². The van der Waals surface area contributed by atoms with Crippen LogP contribution in [0.1, 0.15) is 0 Å². The van der Waals surface area contributed by atoms with Gasteiger partial charge in [0.1, 0.15) is 0 Å². The molecule has 0 bridgehead atoms. The summed E-state index contributed by atoms with van der Waals surface area (Å²) in [4.78, 5) is 0. The van der Waals surface area contributed by atoms with Gasteiger partial charge in [-0.25, -0.2) is 0 Å². The van der Waals surface area contributed by atoms with Crippen LogP contribution in [0, 0.1) is 0 Å². The molecule has 0 unspecified atom stereocenters. The molecule has 16 aromatic rings. The molecule has 16 rings (SSSR count). The summed E-state index contributed by atoms with van der Waals surface area (Å²) < 4.78 is 5.18. The van der Waals surface area contributed by atoms with E-state index in [-0.39, 0.29) is 0 Å². The number of fused-ring (bicyclic) bond motifs is 6. The Hall–Kier alpha value is -10.9. The zero-order valence-corrected chi connectivity index (χ0v) is 50.5. The highest BCUT2D eigenvalue weighted by Gasteiger charge is 2.45. The fraction of sp³-hybridized carbons (Fsp3) is 0. The van der Waals surface area contributed by atoms with E-state index in [1.54, 1.807) is 0 Å². The lowest BCUT2D eigenvalue weighted by Gasteiger charge is -2.35. The Morgan fingerprint density at radius 1 is 0.205 bits per heavy atom. The molecule has 2 aromatic heterocycles. The van der Waals surface area contributed by atoms with Crippen molar-refractivity contribution in [3.05, 3.63) is 364 Å². The maximum atomic E-state index is 2.62. The standard InChI is InChI=1S/C84H60N2Si2/c1-9-31-61(32-10-1)63-35-27-36-64(59-63)73-51-28-50-72(62-33-11-2-12-34-62)84(73)86-77-58-57-65(60-75(77)83-79(86)54-30-56-81(83)88(69-43-19-6-20-44-69,70-45-21-7-22-46-70)71-47-23-8-24-48-71)85-76-52-26-25-49-74(76)82-78(85)53-29-55-80(82)87(66-37-13-3-14-38-66,67-39-15-4-16-40-67)68-41-17-5-18-42-68/h1-60H. The Morgan fingerprint density at radius 3 is 1.03 bits per heavy atom. The van der Waals surface area contributed by atoms with Gasteiger partial charge in [-0.1, -0.05) is 322 Å². The summed E-state index contributed by atoms with van der Waals surface area (Å²) in [5.74, 6) is 0. The zero-order chi connectivity index (χ0) is 58.4. The predicted molar refractivity (Wildman–Crippen MR) is 379 cm³/mol. The third-order valence-electron chi connectivity index (χ3n) is 18.4. The molecule has 0 saturated carbocycles. The number of hydrogen-bond donors (Lipinski definition) is 0. The fourth-order valence-corrected chi connectivity index (χ4v) is 24.8. The Balaban J connectivity index is 1.06. The summed E-state index contributed by atoms with van der Waals surface area (Å²) >= 11 is 0. The van der Waals surface area contributed by atoms with Gasteiger partial charge >= 0.3 is 0 Å². The van der Waals surface area contributed by atoms with Crippen LogP contribution in [-0.2, 0) is 0 Å². The van der Waals surface area contributed by atoms with Gasteiger partial charge in [0.25, 0.3) is 0 Å². The maximum absolute atomic E-state index is 3.18. The van der Waals surface area contributed by atoms with Gasteiger partial charge < -0.3 is 9.13 Å². The summed E-state index contributed by atoms with van der Waals surface area (Å²) in [5.41, 5.74) is 13.9. The van der Waals surface area contributed by atoms with Gasteiger partial charge in [0.2, 0.25) is 0 Å². The molecular formula is C84H60N2Si2. The van der Waals surface area contributed by atoms with Crippen molar-refractivity contribution in [1.82, 2.24) is 9.13 Å². The topological polar surface area (TPSA) is 9.86 Å². The van der Waals surface area contributed by atoms with E-state index >= 15 is 0 Å². The van der Waals surface area contributed by atoms with E-state index in [0.29, 0.717) is 0 Å². The van der Waals surface area contributed by atoms with Crippen molar-refractivity contribution < 1.29 is 0 Å². The molecule has 2 heterocycles. The lowest BCUT2D eigenvalue weighted by molar-refractivity contribution is 1.17.